The van der Waals surface area contributed by atoms with Crippen molar-refractivity contribution in [2.45, 2.75) is 40.2 Å². The van der Waals surface area contributed by atoms with Crippen molar-refractivity contribution in [1.82, 2.24) is 4.90 Å². The lowest BCUT2D eigenvalue weighted by molar-refractivity contribution is -0.128. The van der Waals surface area contributed by atoms with Crippen LogP contribution in [0.5, 0.6) is 0 Å². The summed E-state index contributed by atoms with van der Waals surface area (Å²) in [6.07, 6.45) is 0.713. The van der Waals surface area contributed by atoms with Crippen molar-refractivity contribution in [2.75, 3.05) is 19.6 Å². The van der Waals surface area contributed by atoms with E-state index in [9.17, 15) is 9.90 Å². The molecule has 1 rings (SSSR count). The number of carbonyl (C=O) groups excluding carboxylic acids is 1. The molecule has 0 aromatic carbocycles. The third-order valence-electron chi connectivity index (χ3n) is 3.21. The van der Waals surface area contributed by atoms with Gasteiger partial charge in [0.2, 0.25) is 0 Å². The topological polar surface area (TPSA) is 40.5 Å². The second-order valence-electron chi connectivity index (χ2n) is 5.74. The SMILES string of the molecule is CC1CCN(CC(=O)C(C)(C)C)CC1O. The number of β-amino-alcohol motifs (C(OH)–C–C–N with tert-alkyl or cyclic N) is 1. The van der Waals surface area contributed by atoms with Crippen LogP contribution in [0.4, 0.5) is 0 Å². The number of likely N-dealkylation sites (tertiary alicyclic amines) is 1. The highest BCUT2D eigenvalue weighted by Crippen LogP contribution is 2.20. The van der Waals surface area contributed by atoms with Gasteiger partial charge in [-0.3, -0.25) is 9.69 Å². The molecule has 1 aliphatic rings. The van der Waals surface area contributed by atoms with Gasteiger partial charge in [-0.25, -0.2) is 0 Å². The first-order chi connectivity index (χ1) is 6.80. The quantitative estimate of drug-likeness (QED) is 0.751. The number of hydrogen-bond acceptors (Lipinski definition) is 3. The average Bonchev–Trinajstić information content (AvgIpc) is 2.10. The van der Waals surface area contributed by atoms with Crippen molar-refractivity contribution in [3.63, 3.8) is 0 Å². The molecular weight excluding hydrogens is 190 g/mol. The highest BCUT2D eigenvalue weighted by Gasteiger charge is 2.28. The first-order valence-corrected chi connectivity index (χ1v) is 5.74. The Labute approximate surface area is 92.5 Å². The lowest BCUT2D eigenvalue weighted by Gasteiger charge is -2.35. The highest BCUT2D eigenvalue weighted by atomic mass is 16.3. The van der Waals surface area contributed by atoms with Gasteiger partial charge in [0.1, 0.15) is 0 Å². The number of aliphatic hydroxyl groups is 1. The van der Waals surface area contributed by atoms with Gasteiger partial charge in [0.05, 0.1) is 12.6 Å². The molecule has 15 heavy (non-hydrogen) atoms. The Morgan fingerprint density at radius 2 is 2.07 bits per heavy atom. The minimum absolute atomic E-state index is 0.254. The minimum Gasteiger partial charge on any atom is -0.392 e. The highest BCUT2D eigenvalue weighted by molar-refractivity contribution is 5.85. The van der Waals surface area contributed by atoms with Gasteiger partial charge in [0, 0.05) is 12.0 Å². The van der Waals surface area contributed by atoms with E-state index in [1.54, 1.807) is 0 Å². The van der Waals surface area contributed by atoms with Crippen LogP contribution in [-0.2, 0) is 4.79 Å². The maximum absolute atomic E-state index is 11.8. The summed E-state index contributed by atoms with van der Waals surface area (Å²) in [5, 5.41) is 9.71. The van der Waals surface area contributed by atoms with Crippen LogP contribution in [0.25, 0.3) is 0 Å². The molecule has 3 heteroatoms. The van der Waals surface area contributed by atoms with Crippen LogP contribution in [0, 0.1) is 11.3 Å². The fraction of sp³-hybridized carbons (Fsp3) is 0.917. The van der Waals surface area contributed by atoms with E-state index < -0.39 is 0 Å². The first-order valence-electron chi connectivity index (χ1n) is 5.74. The Morgan fingerprint density at radius 3 is 2.53 bits per heavy atom. The van der Waals surface area contributed by atoms with Gasteiger partial charge in [-0.15, -0.1) is 0 Å². The number of nitrogens with zero attached hydrogens (tertiary/aromatic N) is 1. The summed E-state index contributed by atoms with van der Waals surface area (Å²) in [5.74, 6) is 0.621. The third kappa shape index (κ3) is 3.58. The second-order valence-corrected chi connectivity index (χ2v) is 5.74. The van der Waals surface area contributed by atoms with Crippen LogP contribution in [0.15, 0.2) is 0 Å². The number of hydrogen-bond donors (Lipinski definition) is 1. The minimum atomic E-state index is -0.272. The maximum Gasteiger partial charge on any atom is 0.152 e. The number of piperidine rings is 1. The van der Waals surface area contributed by atoms with E-state index in [0.717, 1.165) is 13.0 Å². The van der Waals surface area contributed by atoms with Gasteiger partial charge in [-0.05, 0) is 18.9 Å². The fourth-order valence-electron chi connectivity index (χ4n) is 1.70. The number of rotatable bonds is 2. The van der Waals surface area contributed by atoms with E-state index in [1.807, 2.05) is 20.8 Å². The molecule has 1 aliphatic heterocycles. The largest absolute Gasteiger partial charge is 0.392 e. The Hall–Kier alpha value is -0.410. The molecule has 2 unspecified atom stereocenters. The fourth-order valence-corrected chi connectivity index (χ4v) is 1.70. The summed E-state index contributed by atoms with van der Waals surface area (Å²) in [6, 6.07) is 0. The smallest absolute Gasteiger partial charge is 0.152 e. The van der Waals surface area contributed by atoms with Gasteiger partial charge < -0.3 is 5.11 Å². The molecule has 0 bridgehead atoms. The van der Waals surface area contributed by atoms with E-state index in [1.165, 1.54) is 0 Å². The van der Waals surface area contributed by atoms with Crippen molar-refractivity contribution >= 4 is 5.78 Å². The van der Waals surface area contributed by atoms with E-state index in [2.05, 4.69) is 11.8 Å². The molecule has 0 aromatic rings. The van der Waals surface area contributed by atoms with Crippen LogP contribution in [0.1, 0.15) is 34.1 Å². The van der Waals surface area contributed by atoms with Crippen LogP contribution in [0.2, 0.25) is 0 Å². The molecule has 0 aromatic heterocycles. The van der Waals surface area contributed by atoms with E-state index >= 15 is 0 Å². The molecule has 88 valence electrons. The molecular formula is C12H23NO2. The van der Waals surface area contributed by atoms with Gasteiger partial charge in [-0.2, -0.15) is 0 Å². The Morgan fingerprint density at radius 1 is 1.47 bits per heavy atom. The molecule has 0 spiro atoms. The molecule has 0 amide bonds. The number of Topliss-reactive ketones (excluding diaryl/α,β-unsaturated/α-hetero) is 1. The zero-order valence-corrected chi connectivity index (χ0v) is 10.3. The van der Waals surface area contributed by atoms with E-state index in [0.29, 0.717) is 19.0 Å². The van der Waals surface area contributed by atoms with Crippen molar-refractivity contribution in [1.29, 1.82) is 0 Å². The summed E-state index contributed by atoms with van der Waals surface area (Å²) in [6.45, 7) is 9.94. The standard InChI is InChI=1S/C12H23NO2/c1-9-5-6-13(7-10(9)14)8-11(15)12(2,3)4/h9-10,14H,5-8H2,1-4H3. The summed E-state index contributed by atoms with van der Waals surface area (Å²) in [7, 11) is 0. The van der Waals surface area contributed by atoms with Gasteiger partial charge >= 0.3 is 0 Å². The Balaban J connectivity index is 2.44. The normalized spacial score (nSPS) is 29.1. The van der Waals surface area contributed by atoms with Crippen LogP contribution >= 0.6 is 0 Å². The Kier molecular flexibility index (Phi) is 3.90. The molecule has 3 nitrogen and oxygen atoms in total. The molecule has 0 saturated carbocycles. The van der Waals surface area contributed by atoms with Gasteiger partial charge in [0.25, 0.3) is 0 Å². The summed E-state index contributed by atoms with van der Waals surface area (Å²) >= 11 is 0. The van der Waals surface area contributed by atoms with Crippen molar-refractivity contribution in [3.05, 3.63) is 0 Å². The van der Waals surface area contributed by atoms with E-state index in [-0.39, 0.29) is 17.3 Å². The molecule has 1 fully saturated rings. The molecule has 1 saturated heterocycles. The number of ketones is 1. The van der Waals surface area contributed by atoms with Crippen molar-refractivity contribution in [2.24, 2.45) is 11.3 Å². The first kappa shape index (κ1) is 12.7. The van der Waals surface area contributed by atoms with E-state index in [4.69, 9.17) is 0 Å². The van der Waals surface area contributed by atoms with Crippen LogP contribution < -0.4 is 0 Å². The third-order valence-corrected chi connectivity index (χ3v) is 3.21. The average molecular weight is 213 g/mol. The number of aliphatic hydroxyl groups excluding tert-OH is 1. The molecule has 0 radical (unpaired) electrons. The summed E-state index contributed by atoms with van der Waals surface area (Å²) in [5.41, 5.74) is -0.270. The predicted molar refractivity (Wildman–Crippen MR) is 60.7 cm³/mol. The van der Waals surface area contributed by atoms with Crippen molar-refractivity contribution in [3.8, 4) is 0 Å². The molecule has 2 atom stereocenters. The predicted octanol–water partition coefficient (Wildman–Crippen LogP) is 1.30. The zero-order chi connectivity index (χ0) is 11.6. The summed E-state index contributed by atoms with van der Waals surface area (Å²) < 4.78 is 0. The molecule has 0 aliphatic carbocycles. The zero-order valence-electron chi connectivity index (χ0n) is 10.3. The Bertz CT molecular complexity index is 232. The van der Waals surface area contributed by atoms with Gasteiger partial charge in [-0.1, -0.05) is 27.7 Å². The maximum atomic E-state index is 11.8. The van der Waals surface area contributed by atoms with Crippen LogP contribution in [0.3, 0.4) is 0 Å². The molecule has 1 heterocycles. The van der Waals surface area contributed by atoms with Crippen molar-refractivity contribution < 1.29 is 9.90 Å². The summed E-state index contributed by atoms with van der Waals surface area (Å²) in [4.78, 5) is 13.9. The lowest BCUT2D eigenvalue weighted by atomic mass is 9.89. The number of carbonyl (C=O) groups is 1. The van der Waals surface area contributed by atoms with Gasteiger partial charge in [0.15, 0.2) is 5.78 Å². The molecule has 1 N–H and O–H groups in total. The second kappa shape index (κ2) is 4.62. The van der Waals surface area contributed by atoms with Crippen LogP contribution in [-0.4, -0.2) is 41.5 Å². The lowest BCUT2D eigenvalue weighted by Crippen LogP contribution is -2.46. The monoisotopic (exact) mass is 213 g/mol.